The number of aromatic nitrogens is 1. The first-order valence-corrected chi connectivity index (χ1v) is 9.40. The summed E-state index contributed by atoms with van der Waals surface area (Å²) in [7, 11) is 0. The molecule has 0 aliphatic heterocycles. The number of pyridine rings is 1. The van der Waals surface area contributed by atoms with Crippen molar-refractivity contribution in [1.29, 1.82) is 0 Å². The molecule has 2 amide bonds. The molecule has 8 heteroatoms. The molecule has 0 saturated carbocycles. The quantitative estimate of drug-likeness (QED) is 0.645. The van der Waals surface area contributed by atoms with Gasteiger partial charge in [0.2, 0.25) is 5.91 Å². The molecule has 2 aromatic rings. The van der Waals surface area contributed by atoms with Crippen LogP contribution in [0.1, 0.15) is 42.4 Å². The van der Waals surface area contributed by atoms with Crippen LogP contribution in [0.2, 0.25) is 5.02 Å². The lowest BCUT2D eigenvalue weighted by molar-refractivity contribution is -0.115. The van der Waals surface area contributed by atoms with E-state index in [1.54, 1.807) is 19.1 Å². The van der Waals surface area contributed by atoms with Gasteiger partial charge in [0.05, 0.1) is 11.4 Å². The zero-order valence-electron chi connectivity index (χ0n) is 15.5. The average Bonchev–Trinajstić information content (AvgIpc) is 2.55. The SMILES string of the molecule is Cc1cc(Cl)c(Br)c(CC(=O)Nc2ccnc(C(=O)NC(C)(C)C)c2)c1O. The summed E-state index contributed by atoms with van der Waals surface area (Å²) in [5.74, 6) is -0.674. The number of aryl methyl sites for hydroxylation is 1. The smallest absolute Gasteiger partial charge is 0.270 e. The summed E-state index contributed by atoms with van der Waals surface area (Å²) in [4.78, 5) is 28.7. The van der Waals surface area contributed by atoms with Crippen molar-refractivity contribution in [3.8, 4) is 5.75 Å². The van der Waals surface area contributed by atoms with E-state index in [2.05, 4.69) is 31.5 Å². The van der Waals surface area contributed by atoms with Gasteiger partial charge < -0.3 is 15.7 Å². The largest absolute Gasteiger partial charge is 0.507 e. The second kappa shape index (κ2) is 8.27. The van der Waals surface area contributed by atoms with E-state index in [9.17, 15) is 14.7 Å². The van der Waals surface area contributed by atoms with Crippen molar-refractivity contribution in [3.05, 3.63) is 50.7 Å². The van der Waals surface area contributed by atoms with Gasteiger partial charge >= 0.3 is 0 Å². The second-order valence-corrected chi connectivity index (χ2v) is 8.38. The number of hydrogen-bond donors (Lipinski definition) is 3. The number of amides is 2. The van der Waals surface area contributed by atoms with Crippen LogP contribution in [0.25, 0.3) is 0 Å². The van der Waals surface area contributed by atoms with Crippen LogP contribution in [0.3, 0.4) is 0 Å². The van der Waals surface area contributed by atoms with Gasteiger partial charge in [-0.25, -0.2) is 0 Å². The van der Waals surface area contributed by atoms with Crippen molar-refractivity contribution >= 4 is 45.0 Å². The molecule has 27 heavy (non-hydrogen) atoms. The maximum absolute atomic E-state index is 12.4. The number of halogens is 2. The Labute approximate surface area is 171 Å². The molecule has 0 aliphatic carbocycles. The number of nitrogens with one attached hydrogen (secondary N) is 2. The monoisotopic (exact) mass is 453 g/mol. The Morgan fingerprint density at radius 1 is 1.30 bits per heavy atom. The van der Waals surface area contributed by atoms with Crippen LogP contribution >= 0.6 is 27.5 Å². The van der Waals surface area contributed by atoms with Crippen LogP contribution in [0.5, 0.6) is 5.75 Å². The van der Waals surface area contributed by atoms with E-state index in [0.29, 0.717) is 26.3 Å². The molecule has 1 heterocycles. The van der Waals surface area contributed by atoms with Gasteiger partial charge in [-0.3, -0.25) is 14.6 Å². The number of hydrogen-bond acceptors (Lipinski definition) is 4. The minimum absolute atomic E-state index is 0.0152. The molecular formula is C19H21BrClN3O3. The van der Waals surface area contributed by atoms with Gasteiger partial charge in [0.1, 0.15) is 11.4 Å². The van der Waals surface area contributed by atoms with Crippen molar-refractivity contribution in [2.45, 2.75) is 39.7 Å². The lowest BCUT2D eigenvalue weighted by atomic mass is 10.1. The molecule has 6 nitrogen and oxygen atoms in total. The summed E-state index contributed by atoms with van der Waals surface area (Å²) in [5.41, 5.74) is 1.22. The van der Waals surface area contributed by atoms with Crippen LogP contribution < -0.4 is 10.6 Å². The van der Waals surface area contributed by atoms with Crippen LogP contribution in [0.4, 0.5) is 5.69 Å². The zero-order chi connectivity index (χ0) is 20.4. The fraction of sp³-hybridized carbons (Fsp3) is 0.316. The lowest BCUT2D eigenvalue weighted by Gasteiger charge is -2.20. The Bertz CT molecular complexity index is 868. The van der Waals surface area contributed by atoms with Gasteiger partial charge in [-0.2, -0.15) is 0 Å². The van der Waals surface area contributed by atoms with E-state index in [1.165, 1.54) is 12.3 Å². The first kappa shape index (κ1) is 21.2. The molecule has 0 saturated heterocycles. The van der Waals surface area contributed by atoms with Crippen molar-refractivity contribution in [2.75, 3.05) is 5.32 Å². The van der Waals surface area contributed by atoms with Crippen LogP contribution in [-0.2, 0) is 11.2 Å². The minimum Gasteiger partial charge on any atom is -0.507 e. The third-order valence-corrected chi connectivity index (χ3v) is 5.01. The highest BCUT2D eigenvalue weighted by molar-refractivity contribution is 9.10. The molecule has 3 N–H and O–H groups in total. The fourth-order valence-electron chi connectivity index (χ4n) is 2.37. The van der Waals surface area contributed by atoms with Crippen LogP contribution in [0.15, 0.2) is 28.9 Å². The van der Waals surface area contributed by atoms with Gasteiger partial charge in [0, 0.05) is 27.5 Å². The first-order chi connectivity index (χ1) is 12.5. The standard InChI is InChI=1S/C19H21BrClN3O3/c1-10-7-13(21)16(20)12(17(10)26)9-15(25)23-11-5-6-22-14(8-11)18(27)24-19(2,3)4/h5-8,26H,9H2,1-4H3,(H,24,27)(H,22,23,25). The Balaban J connectivity index is 2.16. The summed E-state index contributed by atoms with van der Waals surface area (Å²) >= 11 is 9.40. The molecule has 144 valence electrons. The highest BCUT2D eigenvalue weighted by atomic mass is 79.9. The van der Waals surface area contributed by atoms with E-state index in [-0.39, 0.29) is 29.7 Å². The van der Waals surface area contributed by atoms with Gasteiger partial charge in [0.25, 0.3) is 5.91 Å². The molecule has 0 bridgehead atoms. The number of carbonyl (C=O) groups is 2. The summed E-state index contributed by atoms with van der Waals surface area (Å²) in [6.45, 7) is 7.31. The maximum Gasteiger partial charge on any atom is 0.270 e. The average molecular weight is 455 g/mol. The molecule has 0 fully saturated rings. The van der Waals surface area contributed by atoms with Crippen molar-refractivity contribution in [2.24, 2.45) is 0 Å². The number of phenolic OH excluding ortho intramolecular Hbond substituents is 1. The topological polar surface area (TPSA) is 91.3 Å². The highest BCUT2D eigenvalue weighted by Crippen LogP contribution is 2.36. The van der Waals surface area contributed by atoms with Gasteiger partial charge in [0.15, 0.2) is 0 Å². The predicted octanol–water partition coefficient (Wildman–Crippen LogP) is 4.22. The molecular weight excluding hydrogens is 434 g/mol. The lowest BCUT2D eigenvalue weighted by Crippen LogP contribution is -2.40. The van der Waals surface area contributed by atoms with E-state index < -0.39 is 5.54 Å². The number of anilines is 1. The number of carbonyl (C=O) groups excluding carboxylic acids is 2. The molecule has 0 aliphatic rings. The Hall–Kier alpha value is -2.12. The molecule has 0 atom stereocenters. The van der Waals surface area contributed by atoms with E-state index in [4.69, 9.17) is 11.6 Å². The third kappa shape index (κ3) is 5.68. The van der Waals surface area contributed by atoms with Gasteiger partial charge in [-0.1, -0.05) is 11.6 Å². The zero-order valence-corrected chi connectivity index (χ0v) is 17.8. The molecule has 2 rings (SSSR count). The molecule has 0 spiro atoms. The Morgan fingerprint density at radius 3 is 2.59 bits per heavy atom. The molecule has 1 aromatic carbocycles. The number of phenols is 1. The summed E-state index contributed by atoms with van der Waals surface area (Å²) in [5, 5.41) is 16.1. The third-order valence-electron chi connectivity index (χ3n) is 3.58. The van der Waals surface area contributed by atoms with Crippen molar-refractivity contribution < 1.29 is 14.7 Å². The van der Waals surface area contributed by atoms with Gasteiger partial charge in [-0.05, 0) is 67.4 Å². The molecule has 0 radical (unpaired) electrons. The van der Waals surface area contributed by atoms with Gasteiger partial charge in [-0.15, -0.1) is 0 Å². The summed E-state index contributed by atoms with van der Waals surface area (Å²) < 4.78 is 0.474. The minimum atomic E-state index is -0.397. The summed E-state index contributed by atoms with van der Waals surface area (Å²) in [6, 6.07) is 4.70. The van der Waals surface area contributed by atoms with E-state index in [0.717, 1.165) is 0 Å². The Kier molecular flexibility index (Phi) is 6.49. The van der Waals surface area contributed by atoms with Crippen LogP contribution in [-0.4, -0.2) is 27.4 Å². The predicted molar refractivity (Wildman–Crippen MR) is 109 cm³/mol. The number of rotatable bonds is 4. The molecule has 1 aromatic heterocycles. The van der Waals surface area contributed by atoms with Crippen molar-refractivity contribution in [3.63, 3.8) is 0 Å². The van der Waals surface area contributed by atoms with E-state index in [1.807, 2.05) is 20.8 Å². The molecule has 0 unspecified atom stereocenters. The second-order valence-electron chi connectivity index (χ2n) is 7.18. The fourth-order valence-corrected chi connectivity index (χ4v) is 3.09. The van der Waals surface area contributed by atoms with Crippen molar-refractivity contribution in [1.82, 2.24) is 10.3 Å². The number of aromatic hydroxyl groups is 1. The number of benzene rings is 1. The Morgan fingerprint density at radius 2 is 1.96 bits per heavy atom. The van der Waals surface area contributed by atoms with Crippen LogP contribution in [0, 0.1) is 6.92 Å². The normalized spacial score (nSPS) is 11.2. The maximum atomic E-state index is 12.4. The van der Waals surface area contributed by atoms with E-state index >= 15 is 0 Å². The summed E-state index contributed by atoms with van der Waals surface area (Å²) in [6.07, 6.45) is 1.36. The number of nitrogens with zero attached hydrogens (tertiary/aromatic N) is 1. The first-order valence-electron chi connectivity index (χ1n) is 8.23. The highest BCUT2D eigenvalue weighted by Gasteiger charge is 2.18.